The van der Waals surface area contributed by atoms with Crippen LogP contribution in [0.3, 0.4) is 0 Å². The summed E-state index contributed by atoms with van der Waals surface area (Å²) >= 11 is 3.42. The molecule has 1 amide bonds. The van der Waals surface area contributed by atoms with Crippen LogP contribution in [0, 0.1) is 20.8 Å². The summed E-state index contributed by atoms with van der Waals surface area (Å²) < 4.78 is 2.88. The van der Waals surface area contributed by atoms with Crippen molar-refractivity contribution < 1.29 is 4.79 Å². The molecular weight excluding hydrogens is 482 g/mol. The number of imidazole rings is 1. The van der Waals surface area contributed by atoms with Crippen molar-refractivity contribution in [2.45, 2.75) is 20.8 Å². The lowest BCUT2D eigenvalue weighted by Gasteiger charge is -2.16. The number of nitrogens with one attached hydrogen (secondary N) is 2. The second-order valence-electron chi connectivity index (χ2n) is 8.43. The van der Waals surface area contributed by atoms with Crippen molar-refractivity contribution in [3.05, 3.63) is 57.4 Å². The molecule has 0 saturated heterocycles. The molecule has 172 valence electrons. The molecule has 4 N–H and O–H groups in total. The summed E-state index contributed by atoms with van der Waals surface area (Å²) in [6.07, 6.45) is 1.66. The van der Waals surface area contributed by atoms with E-state index in [1.54, 1.807) is 6.20 Å². The number of carbonyl (C=O) groups is 1. The molecule has 0 aliphatic rings. The normalized spacial score (nSPS) is 11.5. The highest BCUT2D eigenvalue weighted by Crippen LogP contribution is 2.33. The third kappa shape index (κ3) is 4.26. The van der Waals surface area contributed by atoms with Crippen molar-refractivity contribution >= 4 is 38.7 Å². The maximum atomic E-state index is 12.8. The number of halogens is 1. The first-order chi connectivity index (χ1) is 15.7. The number of aromatic nitrogens is 4. The Hall–Kier alpha value is -3.17. The highest BCUT2D eigenvalue weighted by molar-refractivity contribution is 9.10. The van der Waals surface area contributed by atoms with E-state index in [1.807, 2.05) is 58.0 Å². The minimum atomic E-state index is -0.0664. The van der Waals surface area contributed by atoms with Crippen LogP contribution < -0.4 is 11.1 Å². The number of fused-ring (bicyclic) bond motifs is 1. The van der Waals surface area contributed by atoms with Crippen LogP contribution in [0.4, 0.5) is 5.69 Å². The zero-order valence-electron chi connectivity index (χ0n) is 19.5. The fourth-order valence-electron chi connectivity index (χ4n) is 4.05. The van der Waals surface area contributed by atoms with Crippen LogP contribution in [0.2, 0.25) is 0 Å². The number of amides is 1. The quantitative estimate of drug-likeness (QED) is 0.364. The van der Waals surface area contributed by atoms with Crippen molar-refractivity contribution in [1.82, 2.24) is 29.7 Å². The predicted molar refractivity (Wildman–Crippen MR) is 136 cm³/mol. The number of carbonyl (C=O) groups excluding carboxylic acids is 1. The van der Waals surface area contributed by atoms with Crippen molar-refractivity contribution in [1.29, 1.82) is 0 Å². The Kier molecular flexibility index (Phi) is 6.27. The van der Waals surface area contributed by atoms with Gasteiger partial charge in [0.15, 0.2) is 5.65 Å². The first kappa shape index (κ1) is 23.0. The molecule has 3 aromatic heterocycles. The summed E-state index contributed by atoms with van der Waals surface area (Å²) in [7, 11) is 3.97. The van der Waals surface area contributed by atoms with E-state index in [1.165, 1.54) is 0 Å². The number of aryl methyl sites for hydroxylation is 1. The lowest BCUT2D eigenvalue weighted by Crippen LogP contribution is -2.31. The molecule has 0 radical (unpaired) electrons. The summed E-state index contributed by atoms with van der Waals surface area (Å²) in [6, 6.07) is 7.90. The largest absolute Gasteiger partial charge is 0.396 e. The summed E-state index contributed by atoms with van der Waals surface area (Å²) in [5, 5.41) is 3.01. The number of nitrogens with zero attached hydrogens (tertiary/aromatic N) is 4. The number of rotatable bonds is 6. The molecule has 0 fully saturated rings. The molecule has 0 aliphatic carbocycles. The zero-order chi connectivity index (χ0) is 23.9. The Morgan fingerprint density at radius 2 is 2.03 bits per heavy atom. The van der Waals surface area contributed by atoms with Crippen LogP contribution in [0.15, 0.2) is 34.9 Å². The van der Waals surface area contributed by atoms with Gasteiger partial charge in [-0.25, -0.2) is 9.97 Å². The van der Waals surface area contributed by atoms with Crippen molar-refractivity contribution in [3.8, 4) is 17.1 Å². The van der Waals surface area contributed by atoms with E-state index in [2.05, 4.69) is 46.8 Å². The smallest absolute Gasteiger partial charge is 0.251 e. The van der Waals surface area contributed by atoms with Crippen LogP contribution in [0.1, 0.15) is 27.3 Å². The standard InChI is InChI=1S/C24H28BrN7O/c1-13-11-17(22-29-21-20(26)18(25)12-28-23(21)30-22)15(3)32(13)19-8-6-7-16(14(19)2)24(33)27-9-10-31(4)5/h6-8,11-12H,9-10H2,1-5H3,(H,27,33)(H3,26,28,29,30). The number of nitrogens with two attached hydrogens (primary N) is 1. The lowest BCUT2D eigenvalue weighted by atomic mass is 10.1. The Morgan fingerprint density at radius 1 is 1.27 bits per heavy atom. The molecule has 0 aliphatic heterocycles. The second-order valence-corrected chi connectivity index (χ2v) is 9.29. The van der Waals surface area contributed by atoms with Gasteiger partial charge in [-0.05, 0) is 74.6 Å². The molecule has 4 aromatic rings. The fraction of sp³-hybridized carbons (Fsp3) is 0.292. The number of hydrogen-bond donors (Lipinski definition) is 3. The number of benzene rings is 1. The van der Waals surface area contributed by atoms with Crippen LogP contribution in [-0.4, -0.2) is 57.5 Å². The Balaban J connectivity index is 1.73. The van der Waals surface area contributed by atoms with Gasteiger partial charge >= 0.3 is 0 Å². The van der Waals surface area contributed by atoms with Crippen LogP contribution in [0.25, 0.3) is 28.2 Å². The van der Waals surface area contributed by atoms with Crippen molar-refractivity contribution in [2.24, 2.45) is 0 Å². The number of pyridine rings is 1. The average Bonchev–Trinajstić information content (AvgIpc) is 3.32. The zero-order valence-corrected chi connectivity index (χ0v) is 21.0. The van der Waals surface area contributed by atoms with E-state index in [0.29, 0.717) is 34.8 Å². The van der Waals surface area contributed by atoms with Gasteiger partial charge in [0.25, 0.3) is 5.91 Å². The predicted octanol–water partition coefficient (Wildman–Crippen LogP) is 3.98. The molecule has 0 spiro atoms. The van der Waals surface area contributed by atoms with Gasteiger partial charge in [0.05, 0.1) is 10.2 Å². The number of anilines is 1. The maximum absolute atomic E-state index is 12.8. The molecule has 33 heavy (non-hydrogen) atoms. The molecule has 0 bridgehead atoms. The minimum absolute atomic E-state index is 0.0664. The fourth-order valence-corrected chi connectivity index (χ4v) is 4.35. The third-order valence-corrected chi connectivity index (χ3v) is 6.47. The van der Waals surface area contributed by atoms with E-state index < -0.39 is 0 Å². The highest BCUT2D eigenvalue weighted by atomic mass is 79.9. The molecule has 0 unspecified atom stereocenters. The second kappa shape index (κ2) is 8.99. The third-order valence-electron chi connectivity index (χ3n) is 5.83. The molecular formula is C24H28BrN7O. The van der Waals surface area contributed by atoms with Gasteiger partial charge < -0.3 is 25.5 Å². The molecule has 9 heteroatoms. The Morgan fingerprint density at radius 3 is 2.76 bits per heavy atom. The van der Waals surface area contributed by atoms with Crippen LogP contribution in [-0.2, 0) is 0 Å². The van der Waals surface area contributed by atoms with Gasteiger partial charge in [-0.3, -0.25) is 4.79 Å². The van der Waals surface area contributed by atoms with Gasteiger partial charge in [0.1, 0.15) is 11.3 Å². The van der Waals surface area contributed by atoms with Crippen molar-refractivity contribution in [2.75, 3.05) is 32.9 Å². The van der Waals surface area contributed by atoms with E-state index in [-0.39, 0.29) is 5.91 Å². The van der Waals surface area contributed by atoms with Gasteiger partial charge in [0.2, 0.25) is 0 Å². The van der Waals surface area contributed by atoms with E-state index in [9.17, 15) is 4.79 Å². The SMILES string of the molecule is Cc1c(C(=O)NCCN(C)C)cccc1-n1c(C)cc(-c2nc3ncc(Br)c(N)c3[nH]2)c1C. The molecule has 4 rings (SSSR count). The molecule has 0 atom stereocenters. The highest BCUT2D eigenvalue weighted by Gasteiger charge is 2.20. The van der Waals surface area contributed by atoms with E-state index in [0.717, 1.165) is 39.2 Å². The van der Waals surface area contributed by atoms with Gasteiger partial charge in [-0.1, -0.05) is 6.07 Å². The summed E-state index contributed by atoms with van der Waals surface area (Å²) in [5.74, 6) is 0.639. The number of likely N-dealkylation sites (N-methyl/N-ethyl adjacent to an activating group) is 1. The monoisotopic (exact) mass is 509 g/mol. The first-order valence-electron chi connectivity index (χ1n) is 10.7. The minimum Gasteiger partial charge on any atom is -0.396 e. The Labute approximate surface area is 201 Å². The van der Waals surface area contributed by atoms with Gasteiger partial charge in [0, 0.05) is 47.5 Å². The topological polar surface area (TPSA) is 105 Å². The maximum Gasteiger partial charge on any atom is 0.251 e. The van der Waals surface area contributed by atoms with Crippen molar-refractivity contribution in [3.63, 3.8) is 0 Å². The number of hydrogen-bond acceptors (Lipinski definition) is 5. The molecule has 8 nitrogen and oxygen atoms in total. The van der Waals surface area contributed by atoms with Crippen LogP contribution in [0.5, 0.6) is 0 Å². The number of aromatic amines is 1. The summed E-state index contributed by atoms with van der Waals surface area (Å²) in [6.45, 7) is 7.47. The van der Waals surface area contributed by atoms with E-state index >= 15 is 0 Å². The molecule has 3 heterocycles. The summed E-state index contributed by atoms with van der Waals surface area (Å²) in [5.41, 5.74) is 13.6. The van der Waals surface area contributed by atoms with E-state index in [4.69, 9.17) is 5.73 Å². The van der Waals surface area contributed by atoms with Crippen LogP contribution >= 0.6 is 15.9 Å². The average molecular weight is 510 g/mol. The summed E-state index contributed by atoms with van der Waals surface area (Å²) in [4.78, 5) is 27.2. The van der Waals surface area contributed by atoms with Gasteiger partial charge in [-0.15, -0.1) is 0 Å². The van der Waals surface area contributed by atoms with Gasteiger partial charge in [-0.2, -0.15) is 0 Å². The Bertz CT molecular complexity index is 1350. The first-order valence-corrected chi connectivity index (χ1v) is 11.5. The molecule has 0 saturated carbocycles. The number of H-pyrrole nitrogens is 1. The molecule has 1 aromatic carbocycles. The number of nitrogen functional groups attached to an aromatic ring is 1. The lowest BCUT2D eigenvalue weighted by molar-refractivity contribution is 0.0950.